The minimum Gasteiger partial charge on any atom is -0.303 e. The lowest BCUT2D eigenvalue weighted by atomic mass is 10.2. The van der Waals surface area contributed by atoms with Crippen molar-refractivity contribution in [2.75, 3.05) is 11.1 Å². The monoisotopic (exact) mass is 375 g/mol. The lowest BCUT2D eigenvalue weighted by Crippen LogP contribution is -2.15. The van der Waals surface area contributed by atoms with Gasteiger partial charge in [0, 0.05) is 12.0 Å². The van der Waals surface area contributed by atoms with Crippen LogP contribution in [0.15, 0.2) is 29.4 Å². The Hall–Kier alpha value is -1.93. The summed E-state index contributed by atoms with van der Waals surface area (Å²) in [4.78, 5) is 16.7. The fourth-order valence-electron chi connectivity index (χ4n) is 2.48. The Morgan fingerprint density at radius 1 is 1.24 bits per heavy atom. The second-order valence-electron chi connectivity index (χ2n) is 6.28. The zero-order valence-corrected chi connectivity index (χ0v) is 16.3. The number of nitrogens with zero attached hydrogens (tertiary/aromatic N) is 4. The Morgan fingerprint density at radius 3 is 2.68 bits per heavy atom. The van der Waals surface area contributed by atoms with Crippen LogP contribution < -0.4 is 5.32 Å². The van der Waals surface area contributed by atoms with Crippen LogP contribution in [0.25, 0.3) is 10.2 Å². The zero-order chi connectivity index (χ0) is 18.0. The van der Waals surface area contributed by atoms with Crippen molar-refractivity contribution in [3.63, 3.8) is 0 Å². The van der Waals surface area contributed by atoms with Gasteiger partial charge in [0.05, 0.1) is 16.0 Å². The van der Waals surface area contributed by atoms with Gasteiger partial charge in [0.25, 0.3) is 0 Å². The summed E-state index contributed by atoms with van der Waals surface area (Å²) in [7, 11) is 0. The lowest BCUT2D eigenvalue weighted by molar-refractivity contribution is -0.113. The molecule has 2 heterocycles. The van der Waals surface area contributed by atoms with E-state index in [1.54, 1.807) is 0 Å². The summed E-state index contributed by atoms with van der Waals surface area (Å²) in [6.07, 6.45) is 0. The van der Waals surface area contributed by atoms with E-state index in [0.29, 0.717) is 11.0 Å². The van der Waals surface area contributed by atoms with Gasteiger partial charge in [0.15, 0.2) is 10.3 Å². The third kappa shape index (κ3) is 4.01. The van der Waals surface area contributed by atoms with Gasteiger partial charge in [0.1, 0.15) is 5.82 Å². The molecule has 132 valence electrons. The van der Waals surface area contributed by atoms with Crippen molar-refractivity contribution in [1.82, 2.24) is 19.7 Å². The van der Waals surface area contributed by atoms with Gasteiger partial charge in [-0.3, -0.25) is 4.79 Å². The van der Waals surface area contributed by atoms with E-state index >= 15 is 0 Å². The molecule has 1 N–H and O–H groups in total. The van der Waals surface area contributed by atoms with Crippen molar-refractivity contribution in [2.45, 2.75) is 44.8 Å². The van der Waals surface area contributed by atoms with Crippen LogP contribution in [0.5, 0.6) is 0 Å². The highest BCUT2D eigenvalue weighted by Gasteiger charge is 2.18. The van der Waals surface area contributed by atoms with E-state index < -0.39 is 0 Å². The highest BCUT2D eigenvalue weighted by atomic mass is 32.2. The lowest BCUT2D eigenvalue weighted by Gasteiger charge is -2.15. The molecule has 6 nitrogen and oxygen atoms in total. The van der Waals surface area contributed by atoms with E-state index in [4.69, 9.17) is 0 Å². The van der Waals surface area contributed by atoms with Crippen LogP contribution in [0, 0.1) is 0 Å². The van der Waals surface area contributed by atoms with Crippen molar-refractivity contribution in [3.05, 3.63) is 30.1 Å². The fourth-order valence-corrected chi connectivity index (χ4v) is 4.23. The first-order chi connectivity index (χ1) is 12.0. The van der Waals surface area contributed by atoms with Crippen LogP contribution in [0.1, 0.15) is 45.5 Å². The third-order valence-electron chi connectivity index (χ3n) is 3.60. The quantitative estimate of drug-likeness (QED) is 0.650. The van der Waals surface area contributed by atoms with Crippen molar-refractivity contribution in [1.29, 1.82) is 0 Å². The largest absolute Gasteiger partial charge is 0.303 e. The van der Waals surface area contributed by atoms with Crippen LogP contribution in [0.2, 0.25) is 0 Å². The average Bonchev–Trinajstić information content (AvgIpc) is 3.16. The number of carbonyl (C=O) groups excluding carboxylic acids is 1. The summed E-state index contributed by atoms with van der Waals surface area (Å²) in [5.41, 5.74) is 0.900. The Kier molecular flexibility index (Phi) is 5.39. The Balaban J connectivity index is 1.66. The molecular weight excluding hydrogens is 354 g/mol. The highest BCUT2D eigenvalue weighted by Crippen LogP contribution is 2.27. The first-order valence-electron chi connectivity index (χ1n) is 8.18. The number of para-hydroxylation sites is 1. The van der Waals surface area contributed by atoms with Gasteiger partial charge in [-0.25, -0.2) is 4.98 Å². The Labute approximate surface area is 155 Å². The first kappa shape index (κ1) is 17.9. The summed E-state index contributed by atoms with van der Waals surface area (Å²) in [6, 6.07) is 8.09. The van der Waals surface area contributed by atoms with Gasteiger partial charge < -0.3 is 9.88 Å². The van der Waals surface area contributed by atoms with Crippen molar-refractivity contribution in [3.8, 4) is 0 Å². The molecule has 0 unspecified atom stereocenters. The zero-order valence-electron chi connectivity index (χ0n) is 14.7. The molecule has 3 rings (SSSR count). The first-order valence-corrected chi connectivity index (χ1v) is 9.99. The van der Waals surface area contributed by atoms with Crippen LogP contribution in [0.3, 0.4) is 0 Å². The van der Waals surface area contributed by atoms with Crippen molar-refractivity contribution < 1.29 is 4.79 Å². The normalized spacial score (nSPS) is 11.6. The maximum atomic E-state index is 12.3. The molecule has 0 aliphatic carbocycles. The van der Waals surface area contributed by atoms with Gasteiger partial charge in [-0.15, -0.1) is 10.2 Å². The number of thiazole rings is 1. The number of nitrogens with one attached hydrogen (secondary N) is 1. The second kappa shape index (κ2) is 7.53. The molecule has 1 amide bonds. The number of carbonyl (C=O) groups is 1. The average molecular weight is 376 g/mol. The highest BCUT2D eigenvalue weighted by molar-refractivity contribution is 7.99. The summed E-state index contributed by atoms with van der Waals surface area (Å²) in [6.45, 7) is 8.38. The third-order valence-corrected chi connectivity index (χ3v) is 5.49. The number of anilines is 1. The maximum absolute atomic E-state index is 12.3. The van der Waals surface area contributed by atoms with Gasteiger partial charge >= 0.3 is 0 Å². The SMILES string of the molecule is CC(C)c1nnc(SCC(=O)Nc2nc3ccccc3s2)n1C(C)C. The van der Waals surface area contributed by atoms with Crippen LogP contribution in [-0.2, 0) is 4.79 Å². The van der Waals surface area contributed by atoms with E-state index in [1.807, 2.05) is 24.3 Å². The molecule has 0 spiro atoms. The molecule has 2 aromatic heterocycles. The van der Waals surface area contributed by atoms with E-state index in [2.05, 4.69) is 52.8 Å². The number of rotatable bonds is 6. The number of hydrogen-bond donors (Lipinski definition) is 1. The second-order valence-corrected chi connectivity index (χ2v) is 8.26. The smallest absolute Gasteiger partial charge is 0.236 e. The minimum atomic E-state index is -0.0894. The van der Waals surface area contributed by atoms with Crippen LogP contribution >= 0.6 is 23.1 Å². The number of aromatic nitrogens is 4. The molecule has 8 heteroatoms. The number of hydrogen-bond acceptors (Lipinski definition) is 6. The van der Waals surface area contributed by atoms with Crippen LogP contribution in [-0.4, -0.2) is 31.4 Å². The predicted molar refractivity (Wildman–Crippen MR) is 103 cm³/mol. The molecule has 0 saturated heterocycles. The number of thioether (sulfide) groups is 1. The number of amides is 1. The molecule has 0 fully saturated rings. The van der Waals surface area contributed by atoms with E-state index in [0.717, 1.165) is 21.2 Å². The molecule has 3 aromatic rings. The molecule has 0 bridgehead atoms. The topological polar surface area (TPSA) is 72.7 Å². The van der Waals surface area contributed by atoms with E-state index in [-0.39, 0.29) is 17.7 Å². The molecule has 0 saturated carbocycles. The van der Waals surface area contributed by atoms with Gasteiger partial charge in [-0.2, -0.15) is 0 Å². The summed E-state index contributed by atoms with van der Waals surface area (Å²) < 4.78 is 3.16. The van der Waals surface area contributed by atoms with Crippen LogP contribution in [0.4, 0.5) is 5.13 Å². The number of fused-ring (bicyclic) bond motifs is 1. The minimum absolute atomic E-state index is 0.0894. The number of benzene rings is 1. The maximum Gasteiger partial charge on any atom is 0.236 e. The molecule has 25 heavy (non-hydrogen) atoms. The molecular formula is C17H21N5OS2. The molecule has 0 atom stereocenters. The standard InChI is InChI=1S/C17H21N5OS2/c1-10(2)15-20-21-17(22(15)11(3)4)24-9-14(23)19-16-18-12-7-5-6-8-13(12)25-16/h5-8,10-11H,9H2,1-4H3,(H,18,19,23). The van der Waals surface area contributed by atoms with Crippen molar-refractivity contribution in [2.24, 2.45) is 0 Å². The van der Waals surface area contributed by atoms with Crippen molar-refractivity contribution >= 4 is 44.4 Å². The predicted octanol–water partition coefficient (Wildman–Crippen LogP) is 4.32. The van der Waals surface area contributed by atoms with Gasteiger partial charge in [0.2, 0.25) is 5.91 Å². The molecule has 0 aliphatic heterocycles. The van der Waals surface area contributed by atoms with Gasteiger partial charge in [-0.05, 0) is 26.0 Å². The molecule has 1 aromatic carbocycles. The van der Waals surface area contributed by atoms with E-state index in [9.17, 15) is 4.79 Å². The fraction of sp³-hybridized carbons (Fsp3) is 0.412. The molecule has 0 aliphatic rings. The summed E-state index contributed by atoms with van der Waals surface area (Å²) in [5, 5.41) is 12.8. The summed E-state index contributed by atoms with van der Waals surface area (Å²) in [5.74, 6) is 1.43. The summed E-state index contributed by atoms with van der Waals surface area (Å²) >= 11 is 2.88. The molecule has 0 radical (unpaired) electrons. The Morgan fingerprint density at radius 2 is 2.00 bits per heavy atom. The Bertz CT molecular complexity index is 851. The van der Waals surface area contributed by atoms with Gasteiger partial charge in [-0.1, -0.05) is 49.1 Å². The van der Waals surface area contributed by atoms with E-state index in [1.165, 1.54) is 23.1 Å².